The van der Waals surface area contributed by atoms with Crippen LogP contribution >= 0.6 is 34.5 Å². The van der Waals surface area contributed by atoms with E-state index in [1.165, 1.54) is 23.5 Å². The molecule has 8 heteroatoms. The molecule has 0 bridgehead atoms. The molecule has 124 valence electrons. The minimum atomic E-state index is -4.45. The van der Waals surface area contributed by atoms with Gasteiger partial charge in [-0.25, -0.2) is 4.98 Å². The number of anilines is 2. The van der Waals surface area contributed by atoms with E-state index >= 15 is 0 Å². The second-order valence-corrected chi connectivity index (χ2v) is 6.58. The van der Waals surface area contributed by atoms with Crippen LogP contribution in [-0.2, 0) is 6.18 Å². The van der Waals surface area contributed by atoms with Crippen LogP contribution in [-0.4, -0.2) is 4.98 Å². The second-order valence-electron chi connectivity index (χ2n) is 4.84. The molecule has 0 amide bonds. The number of hydrogen-bond donors (Lipinski definition) is 1. The molecule has 2 aromatic carbocycles. The molecular weight excluding hydrogens is 380 g/mol. The molecule has 0 atom stereocenters. The largest absolute Gasteiger partial charge is 0.416 e. The summed E-state index contributed by atoms with van der Waals surface area (Å²) >= 11 is 13.4. The molecule has 1 aromatic heterocycles. The summed E-state index contributed by atoms with van der Waals surface area (Å²) in [7, 11) is 0. The molecule has 0 saturated carbocycles. The van der Waals surface area contributed by atoms with E-state index in [2.05, 4.69) is 10.3 Å². The highest BCUT2D eigenvalue weighted by Gasteiger charge is 2.31. The van der Waals surface area contributed by atoms with Gasteiger partial charge in [-0.3, -0.25) is 0 Å². The maximum absolute atomic E-state index is 13.1. The molecule has 0 unspecified atom stereocenters. The first kappa shape index (κ1) is 17.1. The Kier molecular flexibility index (Phi) is 4.71. The maximum atomic E-state index is 13.1. The Balaban J connectivity index is 2.15. The lowest BCUT2D eigenvalue weighted by Gasteiger charge is -2.15. The number of nitrogens with one attached hydrogen (secondary N) is 1. The third-order valence-electron chi connectivity index (χ3n) is 3.24. The summed E-state index contributed by atoms with van der Waals surface area (Å²) in [5.74, 6) is 0. The number of hydrogen-bond acceptors (Lipinski definition) is 3. The fourth-order valence-corrected chi connectivity index (χ4v) is 3.21. The SMILES string of the molecule is FC(F)(F)c1ccc(Nc2nccs2)c(-c2ccc(Cl)cc2Cl)c1. The topological polar surface area (TPSA) is 24.9 Å². The van der Waals surface area contributed by atoms with Gasteiger partial charge in [0, 0.05) is 38.4 Å². The van der Waals surface area contributed by atoms with Gasteiger partial charge in [0.05, 0.1) is 5.56 Å². The first-order valence-corrected chi connectivity index (χ1v) is 8.31. The van der Waals surface area contributed by atoms with Gasteiger partial charge in [0.25, 0.3) is 0 Å². The number of nitrogens with zero attached hydrogens (tertiary/aromatic N) is 1. The molecule has 0 aliphatic rings. The summed E-state index contributed by atoms with van der Waals surface area (Å²) in [6, 6.07) is 8.11. The summed E-state index contributed by atoms with van der Waals surface area (Å²) in [5, 5.41) is 6.03. The highest BCUT2D eigenvalue weighted by Crippen LogP contribution is 2.40. The van der Waals surface area contributed by atoms with Crippen molar-refractivity contribution in [3.63, 3.8) is 0 Å². The van der Waals surface area contributed by atoms with Gasteiger partial charge in [-0.1, -0.05) is 29.3 Å². The van der Waals surface area contributed by atoms with Crippen molar-refractivity contribution in [1.29, 1.82) is 0 Å². The number of halogens is 5. The van der Waals surface area contributed by atoms with Gasteiger partial charge in [0.1, 0.15) is 0 Å². The summed E-state index contributed by atoms with van der Waals surface area (Å²) in [6.45, 7) is 0. The summed E-state index contributed by atoms with van der Waals surface area (Å²) in [6.07, 6.45) is -2.85. The molecule has 1 heterocycles. The molecule has 3 aromatic rings. The number of rotatable bonds is 3. The van der Waals surface area contributed by atoms with Crippen molar-refractivity contribution in [1.82, 2.24) is 4.98 Å². The van der Waals surface area contributed by atoms with Crippen LogP contribution in [0.3, 0.4) is 0 Å². The van der Waals surface area contributed by atoms with E-state index in [1.54, 1.807) is 23.7 Å². The highest BCUT2D eigenvalue weighted by molar-refractivity contribution is 7.13. The molecule has 1 N–H and O–H groups in total. The average molecular weight is 389 g/mol. The zero-order valence-corrected chi connectivity index (χ0v) is 14.2. The van der Waals surface area contributed by atoms with Crippen molar-refractivity contribution < 1.29 is 13.2 Å². The molecule has 24 heavy (non-hydrogen) atoms. The standard InChI is InChI=1S/C16H9Cl2F3N2S/c17-10-2-3-11(13(18)8-10)12-7-9(16(19,20)21)1-4-14(12)23-15-22-5-6-24-15/h1-8H,(H,22,23). The molecule has 0 radical (unpaired) electrons. The predicted molar refractivity (Wildman–Crippen MR) is 92.3 cm³/mol. The minimum Gasteiger partial charge on any atom is -0.331 e. The van der Waals surface area contributed by atoms with Gasteiger partial charge >= 0.3 is 6.18 Å². The van der Waals surface area contributed by atoms with E-state index in [9.17, 15) is 13.2 Å². The zero-order valence-electron chi connectivity index (χ0n) is 11.9. The monoisotopic (exact) mass is 388 g/mol. The summed E-state index contributed by atoms with van der Waals surface area (Å²) in [4.78, 5) is 4.09. The van der Waals surface area contributed by atoms with Gasteiger partial charge < -0.3 is 5.32 Å². The Hall–Kier alpha value is -1.76. The normalized spacial score (nSPS) is 11.5. The third-order valence-corrected chi connectivity index (χ3v) is 4.48. The van der Waals surface area contributed by atoms with Crippen LogP contribution in [0.4, 0.5) is 24.0 Å². The first-order chi connectivity index (χ1) is 11.3. The zero-order chi connectivity index (χ0) is 17.3. The van der Waals surface area contributed by atoms with Gasteiger partial charge in [0.15, 0.2) is 5.13 Å². The Bertz CT molecular complexity index is 864. The lowest BCUT2D eigenvalue weighted by Crippen LogP contribution is -2.06. The van der Waals surface area contributed by atoms with Gasteiger partial charge in [-0.2, -0.15) is 13.2 Å². The Labute approximate surface area is 149 Å². The third kappa shape index (κ3) is 3.66. The van der Waals surface area contributed by atoms with Crippen molar-refractivity contribution in [2.24, 2.45) is 0 Å². The van der Waals surface area contributed by atoms with Crippen molar-refractivity contribution >= 4 is 45.4 Å². The van der Waals surface area contributed by atoms with Crippen LogP contribution in [0.15, 0.2) is 48.0 Å². The molecule has 0 aliphatic heterocycles. The highest BCUT2D eigenvalue weighted by atomic mass is 35.5. The van der Waals surface area contributed by atoms with E-state index in [0.717, 1.165) is 12.1 Å². The molecule has 0 fully saturated rings. The molecule has 3 rings (SSSR count). The van der Waals surface area contributed by atoms with Crippen molar-refractivity contribution in [3.8, 4) is 11.1 Å². The number of thiazole rings is 1. The molecule has 0 spiro atoms. The average Bonchev–Trinajstić information content (AvgIpc) is 3.00. The number of alkyl halides is 3. The van der Waals surface area contributed by atoms with Gasteiger partial charge in [-0.05, 0) is 30.3 Å². The Morgan fingerprint density at radius 3 is 2.42 bits per heavy atom. The van der Waals surface area contributed by atoms with E-state index in [4.69, 9.17) is 23.2 Å². The smallest absolute Gasteiger partial charge is 0.331 e. The van der Waals surface area contributed by atoms with Crippen molar-refractivity contribution in [2.45, 2.75) is 6.18 Å². The fourth-order valence-electron chi connectivity index (χ4n) is 2.16. The van der Waals surface area contributed by atoms with Crippen molar-refractivity contribution in [3.05, 3.63) is 63.6 Å². The van der Waals surface area contributed by atoms with Crippen LogP contribution in [0.5, 0.6) is 0 Å². The predicted octanol–water partition coefficient (Wildman–Crippen LogP) is 6.88. The summed E-state index contributed by atoms with van der Waals surface area (Å²) < 4.78 is 39.2. The second kappa shape index (κ2) is 6.63. The molecule has 0 aliphatic carbocycles. The van der Waals surface area contributed by atoms with Crippen LogP contribution in [0.2, 0.25) is 10.0 Å². The van der Waals surface area contributed by atoms with Crippen molar-refractivity contribution in [2.75, 3.05) is 5.32 Å². The number of aromatic nitrogens is 1. The maximum Gasteiger partial charge on any atom is 0.416 e. The fraction of sp³-hybridized carbons (Fsp3) is 0.0625. The van der Waals surface area contributed by atoms with Crippen LogP contribution in [0, 0.1) is 0 Å². The minimum absolute atomic E-state index is 0.268. The van der Waals surface area contributed by atoms with Crippen LogP contribution in [0.1, 0.15) is 5.56 Å². The van der Waals surface area contributed by atoms with Gasteiger partial charge in [0.2, 0.25) is 0 Å². The molecule has 2 nitrogen and oxygen atoms in total. The first-order valence-electron chi connectivity index (χ1n) is 6.68. The van der Waals surface area contributed by atoms with E-state index < -0.39 is 11.7 Å². The van der Waals surface area contributed by atoms with Gasteiger partial charge in [-0.15, -0.1) is 11.3 Å². The molecular formula is C16H9Cl2F3N2S. The Morgan fingerprint density at radius 1 is 1.00 bits per heavy atom. The van der Waals surface area contributed by atoms with Crippen LogP contribution in [0.25, 0.3) is 11.1 Å². The van der Waals surface area contributed by atoms with E-state index in [-0.39, 0.29) is 5.02 Å². The quantitative estimate of drug-likeness (QED) is 0.528. The lowest BCUT2D eigenvalue weighted by molar-refractivity contribution is -0.137. The van der Waals surface area contributed by atoms with E-state index in [0.29, 0.717) is 27.0 Å². The summed E-state index contributed by atoms with van der Waals surface area (Å²) in [5.41, 5.74) is 0.489. The number of benzene rings is 2. The molecule has 0 saturated heterocycles. The Morgan fingerprint density at radius 2 is 1.79 bits per heavy atom. The van der Waals surface area contributed by atoms with E-state index in [1.807, 2.05) is 0 Å². The van der Waals surface area contributed by atoms with Crippen LogP contribution < -0.4 is 5.32 Å². The lowest BCUT2D eigenvalue weighted by atomic mass is 10.0.